The van der Waals surface area contributed by atoms with Crippen LogP contribution >= 0.6 is 11.9 Å². The predicted octanol–water partition coefficient (Wildman–Crippen LogP) is 4.44. The molecule has 250 valence electrons. The first-order chi connectivity index (χ1) is 22.3. The van der Waals surface area contributed by atoms with Gasteiger partial charge < -0.3 is 40.3 Å². The lowest BCUT2D eigenvalue weighted by molar-refractivity contribution is -0.148. The van der Waals surface area contributed by atoms with Crippen molar-refractivity contribution in [2.24, 2.45) is 0 Å². The van der Waals surface area contributed by atoms with Crippen LogP contribution in [0.4, 0.5) is 18.9 Å². The van der Waals surface area contributed by atoms with Crippen LogP contribution in [0.3, 0.4) is 0 Å². The summed E-state index contributed by atoms with van der Waals surface area (Å²) in [6.45, 7) is 1.86. The summed E-state index contributed by atoms with van der Waals surface area (Å²) in [5, 5.41) is 46.8. The van der Waals surface area contributed by atoms with Crippen molar-refractivity contribution in [1.82, 2.24) is 15.2 Å². The number of carbonyl (C=O) groups excluding carboxylic acids is 1. The Morgan fingerprint density at radius 3 is 2.45 bits per heavy atom. The summed E-state index contributed by atoms with van der Waals surface area (Å²) in [5.41, 5.74) is 2.07. The van der Waals surface area contributed by atoms with Crippen LogP contribution in [0.5, 0.6) is 0 Å². The van der Waals surface area contributed by atoms with Crippen molar-refractivity contribution in [3.8, 4) is 0 Å². The van der Waals surface area contributed by atoms with Crippen LogP contribution in [0.15, 0.2) is 72.8 Å². The first-order valence-corrected chi connectivity index (χ1v) is 15.8. The lowest BCUT2D eigenvalue weighted by Crippen LogP contribution is -2.49. The zero-order valence-corrected chi connectivity index (χ0v) is 26.1. The second-order valence-electron chi connectivity index (χ2n) is 11.4. The Morgan fingerprint density at radius 2 is 1.77 bits per heavy atom. The van der Waals surface area contributed by atoms with Gasteiger partial charge in [0, 0.05) is 30.4 Å². The molecule has 5 rings (SSSR count). The fourth-order valence-electron chi connectivity index (χ4n) is 5.80. The third kappa shape index (κ3) is 7.74. The van der Waals surface area contributed by atoms with Crippen LogP contribution in [-0.4, -0.2) is 60.7 Å². The number of hydrogen-bond donors (Lipinski definition) is 7. The van der Waals surface area contributed by atoms with E-state index in [4.69, 9.17) is 0 Å². The van der Waals surface area contributed by atoms with Crippen LogP contribution in [0.25, 0.3) is 10.9 Å². The maximum Gasteiger partial charge on any atom is 0.416 e. The van der Waals surface area contributed by atoms with E-state index in [1.807, 2.05) is 31.2 Å². The topological polar surface area (TPSA) is 156 Å². The number of nitrogens with zero attached hydrogens (tertiary/aromatic N) is 1. The predicted molar refractivity (Wildman–Crippen MR) is 172 cm³/mol. The molecule has 3 atom stereocenters. The molecule has 47 heavy (non-hydrogen) atoms. The summed E-state index contributed by atoms with van der Waals surface area (Å²) in [6, 6.07) is 16.7. The van der Waals surface area contributed by atoms with Gasteiger partial charge in [-0.3, -0.25) is 9.59 Å². The Morgan fingerprint density at radius 1 is 1.04 bits per heavy atom. The second-order valence-corrected chi connectivity index (χ2v) is 12.4. The molecule has 0 saturated carbocycles. The first-order valence-electron chi connectivity index (χ1n) is 15.0. The van der Waals surface area contributed by atoms with Gasteiger partial charge in [0.1, 0.15) is 11.7 Å². The van der Waals surface area contributed by atoms with E-state index in [9.17, 15) is 43.2 Å². The maximum absolute atomic E-state index is 14.1. The number of aliphatic hydroxyl groups excluding tert-OH is 1. The first kappa shape index (κ1) is 34.3. The molecule has 0 saturated heterocycles. The van der Waals surface area contributed by atoms with Crippen LogP contribution in [0, 0.1) is 0 Å². The van der Waals surface area contributed by atoms with Crippen molar-refractivity contribution in [3.63, 3.8) is 0 Å². The number of aliphatic hydroxyl groups is 3. The van der Waals surface area contributed by atoms with E-state index in [1.165, 1.54) is 16.7 Å². The van der Waals surface area contributed by atoms with Crippen molar-refractivity contribution >= 4 is 40.4 Å². The van der Waals surface area contributed by atoms with Crippen molar-refractivity contribution in [2.75, 3.05) is 11.3 Å². The van der Waals surface area contributed by atoms with Gasteiger partial charge in [0.15, 0.2) is 0 Å². The molecule has 0 bridgehead atoms. The molecule has 2 heterocycles. The van der Waals surface area contributed by atoms with Gasteiger partial charge in [0.05, 0.1) is 35.3 Å². The molecule has 0 spiro atoms. The average molecular weight is 673 g/mol. The number of aromatic nitrogens is 1. The smallest absolute Gasteiger partial charge is 0.416 e. The van der Waals surface area contributed by atoms with Gasteiger partial charge in [0.2, 0.25) is 0 Å². The summed E-state index contributed by atoms with van der Waals surface area (Å²) in [5.74, 6) is -2.00. The van der Waals surface area contributed by atoms with Crippen molar-refractivity contribution in [1.29, 1.82) is 0 Å². The van der Waals surface area contributed by atoms with Crippen LogP contribution in [-0.2, 0) is 30.4 Å². The third-order valence-corrected chi connectivity index (χ3v) is 9.04. The number of rotatable bonds is 12. The molecule has 0 fully saturated rings. The summed E-state index contributed by atoms with van der Waals surface area (Å²) in [4.78, 5) is 26.0. The van der Waals surface area contributed by atoms with E-state index in [1.54, 1.807) is 24.3 Å². The molecule has 14 heteroatoms. The van der Waals surface area contributed by atoms with E-state index >= 15 is 0 Å². The Kier molecular flexibility index (Phi) is 10.2. The molecule has 0 aliphatic carbocycles. The average Bonchev–Trinajstić information content (AvgIpc) is 3.38. The second kappa shape index (κ2) is 14.0. The highest BCUT2D eigenvalue weighted by Crippen LogP contribution is 2.45. The Bertz CT molecular complexity index is 1750. The minimum absolute atomic E-state index is 0.0282. The summed E-state index contributed by atoms with van der Waals surface area (Å²) in [6.07, 6.45) is -5.65. The molecule has 1 amide bonds. The number of amides is 1. The normalized spacial score (nSPS) is 17.0. The number of alkyl halides is 3. The number of halogens is 3. The van der Waals surface area contributed by atoms with Crippen LogP contribution < -0.4 is 15.4 Å². The molecule has 3 aromatic carbocycles. The number of nitrogens with one attached hydrogen (secondary N) is 3. The molecule has 7 N–H and O–H groups in total. The van der Waals surface area contributed by atoms with Crippen molar-refractivity contribution in [3.05, 3.63) is 101 Å². The van der Waals surface area contributed by atoms with E-state index in [0.717, 1.165) is 23.3 Å². The number of benzene rings is 3. The standard InChI is InChI=1S/C33H35F3N4O6S/c1-2-21-11-12-24-30-23(21)15-26(40(30)28(16-29(42)43)33(45,46)47-39-24)31(44)38-25(14-19-7-4-3-5-8-19)27(41)18-37-17-20-9-6-10-22(13-20)32(34,35)36/h3-13,15,25,27-28,37,39,41,45-46H,2,14,16-18H2,1H3,(H,38,44)(H,42,43)/t25-,27+,28?/m0/s1. The van der Waals surface area contributed by atoms with Gasteiger partial charge in [-0.1, -0.05) is 61.5 Å². The van der Waals surface area contributed by atoms with Crippen LogP contribution in [0.1, 0.15) is 52.1 Å². The van der Waals surface area contributed by atoms with Crippen LogP contribution in [0.2, 0.25) is 0 Å². The monoisotopic (exact) mass is 672 g/mol. The Balaban J connectivity index is 1.46. The number of hydrogen-bond acceptors (Lipinski definition) is 8. The minimum atomic E-state index is -4.49. The minimum Gasteiger partial charge on any atom is -0.481 e. The molecular weight excluding hydrogens is 637 g/mol. The van der Waals surface area contributed by atoms with E-state index in [-0.39, 0.29) is 25.2 Å². The van der Waals surface area contributed by atoms with E-state index < -0.39 is 53.3 Å². The highest BCUT2D eigenvalue weighted by atomic mass is 32.2. The highest BCUT2D eigenvalue weighted by Gasteiger charge is 2.44. The number of anilines is 1. The largest absolute Gasteiger partial charge is 0.481 e. The highest BCUT2D eigenvalue weighted by molar-refractivity contribution is 8.01. The zero-order chi connectivity index (χ0) is 33.9. The van der Waals surface area contributed by atoms with Gasteiger partial charge in [-0.2, -0.15) is 13.2 Å². The molecule has 1 aliphatic heterocycles. The third-order valence-electron chi connectivity index (χ3n) is 8.14. The van der Waals surface area contributed by atoms with Gasteiger partial charge in [-0.05, 0) is 47.7 Å². The van der Waals surface area contributed by atoms with E-state index in [2.05, 4.69) is 15.4 Å². The lowest BCUT2D eigenvalue weighted by atomic mass is 10.0. The number of carbonyl (C=O) groups is 2. The molecule has 4 aromatic rings. The van der Waals surface area contributed by atoms with Gasteiger partial charge >= 0.3 is 12.1 Å². The number of aryl methyl sites for hydroxylation is 1. The SMILES string of the molecule is CCc1ccc2c3c1cc(C(=O)N[C@@H](Cc1ccccc1)[C@H](O)CNCc1cccc(C(F)(F)F)c1)n3C(CC(=O)O)C(O)(O)SN2. The number of aliphatic carboxylic acids is 1. The molecular formula is C33H35F3N4O6S. The molecule has 0 radical (unpaired) electrons. The summed E-state index contributed by atoms with van der Waals surface area (Å²) < 4.78 is 43.7. The van der Waals surface area contributed by atoms with Crippen molar-refractivity contribution < 1.29 is 43.2 Å². The van der Waals surface area contributed by atoms with Gasteiger partial charge in [-0.25, -0.2) is 0 Å². The fourth-order valence-corrected chi connectivity index (χ4v) is 6.55. The fraction of sp³-hybridized carbons (Fsp3) is 0.333. The van der Waals surface area contributed by atoms with E-state index in [0.29, 0.717) is 40.5 Å². The molecule has 10 nitrogen and oxygen atoms in total. The quantitative estimate of drug-likeness (QED) is 0.0855. The lowest BCUT2D eigenvalue weighted by Gasteiger charge is -2.30. The molecule has 1 aliphatic rings. The van der Waals surface area contributed by atoms with Crippen molar-refractivity contribution in [2.45, 2.75) is 62.2 Å². The Labute approximate surface area is 272 Å². The number of carboxylic acids is 1. The Hall–Kier alpha value is -4.08. The molecule has 1 aromatic heterocycles. The zero-order valence-electron chi connectivity index (χ0n) is 25.3. The summed E-state index contributed by atoms with van der Waals surface area (Å²) in [7, 11) is 0. The number of carboxylic acid groups (broad SMARTS) is 1. The molecule has 1 unspecified atom stereocenters. The summed E-state index contributed by atoms with van der Waals surface area (Å²) >= 11 is 0.524. The maximum atomic E-state index is 14.1. The van der Waals surface area contributed by atoms with Gasteiger partial charge in [-0.15, -0.1) is 0 Å². The van der Waals surface area contributed by atoms with Gasteiger partial charge in [0.25, 0.3) is 11.0 Å².